The molecule has 0 spiro atoms. The Labute approximate surface area is 107 Å². The van der Waals surface area contributed by atoms with Gasteiger partial charge in [-0.1, -0.05) is 29.8 Å². The number of hydrogen-bond donors (Lipinski definition) is 3. The summed E-state index contributed by atoms with van der Waals surface area (Å²) < 4.78 is 0. The molecule has 0 saturated heterocycles. The SMILES string of the molecule is O=C(O)Nc1ccc(-c2ccccc2Cl)[nH]c1=O. The standard InChI is InChI=1S/C12H9ClN2O3/c13-8-4-2-1-3-7(8)9-5-6-10(11(16)14-9)15-12(17)18/h1-6,15H,(H,14,16)(H,17,18). The van der Waals surface area contributed by atoms with Crippen LogP contribution in [0.3, 0.4) is 0 Å². The number of aromatic amines is 1. The summed E-state index contributed by atoms with van der Waals surface area (Å²) in [5.41, 5.74) is 0.660. The lowest BCUT2D eigenvalue weighted by molar-refractivity contribution is 0.209. The Balaban J connectivity index is 2.44. The van der Waals surface area contributed by atoms with Gasteiger partial charge in [-0.25, -0.2) is 4.79 Å². The first-order chi connectivity index (χ1) is 8.58. The van der Waals surface area contributed by atoms with E-state index in [2.05, 4.69) is 4.98 Å². The molecule has 0 aliphatic heterocycles. The molecule has 3 N–H and O–H groups in total. The summed E-state index contributed by atoms with van der Waals surface area (Å²) in [4.78, 5) is 24.7. The van der Waals surface area contributed by atoms with Gasteiger partial charge in [0.1, 0.15) is 5.69 Å². The topological polar surface area (TPSA) is 82.2 Å². The van der Waals surface area contributed by atoms with Gasteiger partial charge in [-0.3, -0.25) is 10.1 Å². The zero-order valence-electron chi connectivity index (χ0n) is 9.11. The van der Waals surface area contributed by atoms with Crippen molar-refractivity contribution in [1.82, 2.24) is 4.98 Å². The first-order valence-corrected chi connectivity index (χ1v) is 5.44. The van der Waals surface area contributed by atoms with Crippen LogP contribution in [0.5, 0.6) is 0 Å². The molecule has 2 rings (SSSR count). The van der Waals surface area contributed by atoms with Crippen molar-refractivity contribution in [2.45, 2.75) is 0 Å². The molecule has 0 saturated carbocycles. The van der Waals surface area contributed by atoms with Gasteiger partial charge < -0.3 is 10.1 Å². The number of nitrogens with one attached hydrogen (secondary N) is 2. The molecule has 0 aliphatic rings. The first-order valence-electron chi connectivity index (χ1n) is 5.06. The van der Waals surface area contributed by atoms with Gasteiger partial charge in [0.05, 0.1) is 0 Å². The van der Waals surface area contributed by atoms with Crippen LogP contribution in [-0.2, 0) is 0 Å². The van der Waals surface area contributed by atoms with E-state index in [9.17, 15) is 9.59 Å². The number of anilines is 1. The second-order valence-corrected chi connectivity index (χ2v) is 3.93. The van der Waals surface area contributed by atoms with Crippen molar-refractivity contribution in [3.8, 4) is 11.3 Å². The molecule has 6 heteroatoms. The summed E-state index contributed by atoms with van der Waals surface area (Å²) in [5.74, 6) is 0. The minimum absolute atomic E-state index is 0.0293. The fraction of sp³-hybridized carbons (Fsp3) is 0. The molecule has 1 amide bonds. The number of hydrogen-bond acceptors (Lipinski definition) is 2. The van der Waals surface area contributed by atoms with Gasteiger partial charge in [-0.05, 0) is 18.2 Å². The molecular weight excluding hydrogens is 256 g/mol. The molecular formula is C12H9ClN2O3. The van der Waals surface area contributed by atoms with Crippen molar-refractivity contribution < 1.29 is 9.90 Å². The molecule has 18 heavy (non-hydrogen) atoms. The number of aromatic nitrogens is 1. The van der Waals surface area contributed by atoms with Crippen LogP contribution in [0.15, 0.2) is 41.2 Å². The van der Waals surface area contributed by atoms with E-state index in [1.165, 1.54) is 6.07 Å². The average molecular weight is 265 g/mol. The van der Waals surface area contributed by atoms with Gasteiger partial charge in [0.25, 0.3) is 5.56 Å². The number of H-pyrrole nitrogens is 1. The molecule has 0 atom stereocenters. The third-order valence-corrected chi connectivity index (χ3v) is 2.64. The summed E-state index contributed by atoms with van der Waals surface area (Å²) in [5, 5.41) is 11.0. The summed E-state index contributed by atoms with van der Waals surface area (Å²) in [6, 6.07) is 10.0. The molecule has 1 heterocycles. The fourth-order valence-corrected chi connectivity index (χ4v) is 1.76. The molecule has 0 aliphatic carbocycles. The lowest BCUT2D eigenvalue weighted by Gasteiger charge is -2.05. The molecule has 5 nitrogen and oxygen atoms in total. The Morgan fingerprint density at radius 3 is 2.56 bits per heavy atom. The van der Waals surface area contributed by atoms with E-state index in [4.69, 9.17) is 16.7 Å². The highest BCUT2D eigenvalue weighted by molar-refractivity contribution is 6.33. The Morgan fingerprint density at radius 2 is 1.94 bits per heavy atom. The van der Waals surface area contributed by atoms with Crippen molar-refractivity contribution in [3.05, 3.63) is 51.8 Å². The number of pyridine rings is 1. The third kappa shape index (κ3) is 2.52. The smallest absolute Gasteiger partial charge is 0.409 e. The van der Waals surface area contributed by atoms with Gasteiger partial charge >= 0.3 is 6.09 Å². The number of benzene rings is 1. The van der Waals surface area contributed by atoms with E-state index in [1.807, 2.05) is 5.32 Å². The molecule has 0 unspecified atom stereocenters. The van der Waals surface area contributed by atoms with Crippen molar-refractivity contribution in [1.29, 1.82) is 0 Å². The lowest BCUT2D eigenvalue weighted by atomic mass is 10.1. The second-order valence-electron chi connectivity index (χ2n) is 3.52. The number of amides is 1. The van der Waals surface area contributed by atoms with E-state index in [-0.39, 0.29) is 5.69 Å². The zero-order valence-corrected chi connectivity index (χ0v) is 9.86. The third-order valence-electron chi connectivity index (χ3n) is 2.32. The minimum Gasteiger partial charge on any atom is -0.465 e. The molecule has 92 valence electrons. The molecule has 0 radical (unpaired) electrons. The fourth-order valence-electron chi connectivity index (χ4n) is 1.52. The van der Waals surface area contributed by atoms with Crippen LogP contribution in [-0.4, -0.2) is 16.2 Å². The normalized spacial score (nSPS) is 10.1. The van der Waals surface area contributed by atoms with E-state index in [1.54, 1.807) is 30.3 Å². The zero-order chi connectivity index (χ0) is 13.1. The molecule has 0 fully saturated rings. The predicted molar refractivity (Wildman–Crippen MR) is 69.2 cm³/mol. The summed E-state index contributed by atoms with van der Waals surface area (Å²) in [6.07, 6.45) is -1.29. The summed E-state index contributed by atoms with van der Waals surface area (Å²) in [7, 11) is 0. The highest BCUT2D eigenvalue weighted by Gasteiger charge is 2.07. The molecule has 2 aromatic rings. The Morgan fingerprint density at radius 1 is 1.22 bits per heavy atom. The second kappa shape index (κ2) is 4.93. The summed E-state index contributed by atoms with van der Waals surface area (Å²) in [6.45, 7) is 0. The van der Waals surface area contributed by atoms with Crippen LogP contribution >= 0.6 is 11.6 Å². The Bertz CT molecular complexity index is 652. The first kappa shape index (κ1) is 12.2. The number of halogens is 1. The van der Waals surface area contributed by atoms with E-state index in [0.29, 0.717) is 16.3 Å². The maximum atomic E-state index is 11.6. The van der Waals surface area contributed by atoms with Crippen molar-refractivity contribution >= 4 is 23.4 Å². The highest BCUT2D eigenvalue weighted by Crippen LogP contribution is 2.25. The Hall–Kier alpha value is -2.27. The van der Waals surface area contributed by atoms with E-state index in [0.717, 1.165) is 0 Å². The molecule has 1 aromatic heterocycles. The predicted octanol–water partition coefficient (Wildman–Crippen LogP) is 2.79. The van der Waals surface area contributed by atoms with Crippen molar-refractivity contribution in [3.63, 3.8) is 0 Å². The maximum Gasteiger partial charge on any atom is 0.409 e. The van der Waals surface area contributed by atoms with Gasteiger partial charge in [0, 0.05) is 16.3 Å². The molecule has 1 aromatic carbocycles. The van der Waals surface area contributed by atoms with E-state index >= 15 is 0 Å². The van der Waals surface area contributed by atoms with Gasteiger partial charge in [0.2, 0.25) is 0 Å². The Kier molecular flexibility index (Phi) is 3.34. The highest BCUT2D eigenvalue weighted by atomic mass is 35.5. The van der Waals surface area contributed by atoms with Crippen LogP contribution in [0.1, 0.15) is 0 Å². The quantitative estimate of drug-likeness (QED) is 0.780. The van der Waals surface area contributed by atoms with Crippen LogP contribution in [0.25, 0.3) is 11.3 Å². The largest absolute Gasteiger partial charge is 0.465 e. The van der Waals surface area contributed by atoms with Crippen molar-refractivity contribution in [2.75, 3.05) is 5.32 Å². The van der Waals surface area contributed by atoms with Crippen LogP contribution < -0.4 is 10.9 Å². The van der Waals surface area contributed by atoms with Crippen LogP contribution in [0.4, 0.5) is 10.5 Å². The lowest BCUT2D eigenvalue weighted by Crippen LogP contribution is -2.18. The molecule has 0 bridgehead atoms. The van der Waals surface area contributed by atoms with Crippen LogP contribution in [0, 0.1) is 0 Å². The monoisotopic (exact) mass is 264 g/mol. The summed E-state index contributed by atoms with van der Waals surface area (Å²) >= 11 is 6.00. The minimum atomic E-state index is -1.29. The number of rotatable bonds is 2. The number of carboxylic acid groups (broad SMARTS) is 1. The van der Waals surface area contributed by atoms with Gasteiger partial charge in [-0.15, -0.1) is 0 Å². The van der Waals surface area contributed by atoms with Gasteiger partial charge in [-0.2, -0.15) is 0 Å². The number of carbonyl (C=O) groups is 1. The average Bonchev–Trinajstić information content (AvgIpc) is 2.32. The van der Waals surface area contributed by atoms with E-state index < -0.39 is 11.7 Å². The van der Waals surface area contributed by atoms with Crippen molar-refractivity contribution in [2.24, 2.45) is 0 Å². The van der Waals surface area contributed by atoms with Crippen LogP contribution in [0.2, 0.25) is 5.02 Å². The van der Waals surface area contributed by atoms with Gasteiger partial charge in [0.15, 0.2) is 0 Å². The maximum absolute atomic E-state index is 11.6.